The highest BCUT2D eigenvalue weighted by molar-refractivity contribution is 6.00. The highest BCUT2D eigenvalue weighted by atomic mass is 16.2. The Morgan fingerprint density at radius 3 is 2.29 bits per heavy atom. The minimum atomic E-state index is -0.281. The molecule has 0 spiro atoms. The number of carbonyl (C=O) groups is 1. The van der Waals surface area contributed by atoms with Crippen molar-refractivity contribution in [1.82, 2.24) is 9.97 Å². The summed E-state index contributed by atoms with van der Waals surface area (Å²) < 4.78 is 0. The zero-order valence-electron chi connectivity index (χ0n) is 16.2. The summed E-state index contributed by atoms with van der Waals surface area (Å²) in [6.07, 6.45) is 0. The van der Waals surface area contributed by atoms with Gasteiger partial charge in [-0.25, -0.2) is 14.8 Å². The topological polar surface area (TPSA) is 91.0 Å². The third-order valence-electron chi connectivity index (χ3n) is 4.00. The van der Waals surface area contributed by atoms with E-state index in [4.69, 9.17) is 0 Å². The first-order valence-electron chi connectivity index (χ1n) is 9.14. The minimum Gasteiger partial charge on any atom is -0.370 e. The Bertz CT molecular complexity index is 955. The van der Waals surface area contributed by atoms with Crippen molar-refractivity contribution >= 4 is 34.7 Å². The van der Waals surface area contributed by atoms with Crippen LogP contribution in [-0.2, 0) is 0 Å². The SMILES string of the molecule is CCNc1cc(Nc2ccc(NC(=O)Nc3ccccc3C)cc2)nc(C)n1. The van der Waals surface area contributed by atoms with Crippen molar-refractivity contribution in [2.24, 2.45) is 0 Å². The molecule has 3 rings (SSSR count). The van der Waals surface area contributed by atoms with Crippen LogP contribution in [0.4, 0.5) is 33.5 Å². The molecule has 2 aromatic carbocycles. The van der Waals surface area contributed by atoms with E-state index in [1.54, 1.807) is 0 Å². The molecule has 2 amide bonds. The molecule has 0 aliphatic carbocycles. The first kappa shape index (κ1) is 19.2. The average molecular weight is 376 g/mol. The smallest absolute Gasteiger partial charge is 0.323 e. The van der Waals surface area contributed by atoms with Crippen molar-refractivity contribution in [2.75, 3.05) is 27.8 Å². The molecule has 0 bridgehead atoms. The van der Waals surface area contributed by atoms with E-state index in [1.165, 1.54) is 0 Å². The minimum absolute atomic E-state index is 0.281. The molecule has 3 aromatic rings. The molecule has 7 nitrogen and oxygen atoms in total. The molecule has 7 heteroatoms. The van der Waals surface area contributed by atoms with E-state index in [0.717, 1.165) is 29.3 Å². The van der Waals surface area contributed by atoms with Crippen molar-refractivity contribution < 1.29 is 4.79 Å². The van der Waals surface area contributed by atoms with Crippen LogP contribution in [0, 0.1) is 13.8 Å². The molecule has 1 aromatic heterocycles. The van der Waals surface area contributed by atoms with E-state index in [1.807, 2.05) is 75.4 Å². The fourth-order valence-corrected chi connectivity index (χ4v) is 2.69. The molecule has 1 heterocycles. The third-order valence-corrected chi connectivity index (χ3v) is 4.00. The summed E-state index contributed by atoms with van der Waals surface area (Å²) in [7, 11) is 0. The van der Waals surface area contributed by atoms with Crippen molar-refractivity contribution in [3.63, 3.8) is 0 Å². The molecular weight excluding hydrogens is 352 g/mol. The number of rotatable bonds is 6. The second-order valence-corrected chi connectivity index (χ2v) is 6.31. The number of nitrogens with one attached hydrogen (secondary N) is 4. The average Bonchev–Trinajstić information content (AvgIpc) is 2.65. The summed E-state index contributed by atoms with van der Waals surface area (Å²) >= 11 is 0. The van der Waals surface area contributed by atoms with E-state index < -0.39 is 0 Å². The maximum atomic E-state index is 12.2. The van der Waals surface area contributed by atoms with Gasteiger partial charge in [0.15, 0.2) is 0 Å². The number of carbonyl (C=O) groups excluding carboxylic acids is 1. The molecule has 0 aliphatic rings. The molecule has 0 fully saturated rings. The van der Waals surface area contributed by atoms with Crippen LogP contribution >= 0.6 is 0 Å². The Kier molecular flexibility index (Phi) is 6.06. The Balaban J connectivity index is 1.62. The number of aryl methyl sites for hydroxylation is 2. The molecule has 0 saturated carbocycles. The molecule has 28 heavy (non-hydrogen) atoms. The van der Waals surface area contributed by atoms with Gasteiger partial charge in [0.05, 0.1) is 0 Å². The van der Waals surface area contributed by atoms with Crippen LogP contribution in [0.15, 0.2) is 54.6 Å². The number of benzene rings is 2. The van der Waals surface area contributed by atoms with Gasteiger partial charge in [0, 0.05) is 29.7 Å². The third kappa shape index (κ3) is 5.20. The van der Waals surface area contributed by atoms with Crippen LogP contribution in [0.5, 0.6) is 0 Å². The van der Waals surface area contributed by atoms with E-state index >= 15 is 0 Å². The highest BCUT2D eigenvalue weighted by Crippen LogP contribution is 2.20. The van der Waals surface area contributed by atoms with Crippen molar-refractivity contribution in [3.05, 3.63) is 66.0 Å². The van der Waals surface area contributed by atoms with Crippen LogP contribution in [0.2, 0.25) is 0 Å². The van der Waals surface area contributed by atoms with Gasteiger partial charge in [-0.15, -0.1) is 0 Å². The summed E-state index contributed by atoms with van der Waals surface area (Å²) in [6.45, 7) is 6.62. The highest BCUT2D eigenvalue weighted by Gasteiger charge is 2.06. The van der Waals surface area contributed by atoms with Crippen LogP contribution in [-0.4, -0.2) is 22.5 Å². The van der Waals surface area contributed by atoms with Gasteiger partial charge in [0.1, 0.15) is 17.5 Å². The second-order valence-electron chi connectivity index (χ2n) is 6.31. The monoisotopic (exact) mass is 376 g/mol. The number of nitrogens with zero attached hydrogens (tertiary/aromatic N) is 2. The van der Waals surface area contributed by atoms with Gasteiger partial charge in [-0.3, -0.25) is 0 Å². The first-order valence-corrected chi connectivity index (χ1v) is 9.14. The maximum Gasteiger partial charge on any atom is 0.323 e. The number of anilines is 5. The molecular formula is C21H24N6O. The fraction of sp³-hybridized carbons (Fsp3) is 0.190. The van der Waals surface area contributed by atoms with Gasteiger partial charge >= 0.3 is 6.03 Å². The summed E-state index contributed by atoms with van der Waals surface area (Å²) in [4.78, 5) is 20.9. The quantitative estimate of drug-likeness (QED) is 0.490. The van der Waals surface area contributed by atoms with Crippen molar-refractivity contribution in [3.8, 4) is 0 Å². The number of hydrogen-bond donors (Lipinski definition) is 4. The van der Waals surface area contributed by atoms with Crippen LogP contribution in [0.1, 0.15) is 18.3 Å². The summed E-state index contributed by atoms with van der Waals surface area (Å²) in [5, 5.41) is 12.1. The number of aromatic nitrogens is 2. The summed E-state index contributed by atoms with van der Waals surface area (Å²) in [5.74, 6) is 2.18. The molecule has 0 aliphatic heterocycles. The van der Waals surface area contributed by atoms with Gasteiger partial charge < -0.3 is 21.3 Å². The lowest BCUT2D eigenvalue weighted by Crippen LogP contribution is -2.19. The van der Waals surface area contributed by atoms with Gasteiger partial charge in [0.2, 0.25) is 0 Å². The standard InChI is InChI=1S/C21H24N6O/c1-4-22-19-13-20(24-15(3)23-19)25-16-9-11-17(12-10-16)26-21(28)27-18-8-6-5-7-14(18)2/h5-13H,4H2,1-3H3,(H2,26,27,28)(H2,22,23,24,25). The van der Waals surface area contributed by atoms with E-state index in [2.05, 4.69) is 31.2 Å². The number of hydrogen-bond acceptors (Lipinski definition) is 5. The first-order chi connectivity index (χ1) is 13.5. The summed E-state index contributed by atoms with van der Waals surface area (Å²) in [5.41, 5.74) is 3.36. The Morgan fingerprint density at radius 2 is 1.57 bits per heavy atom. The largest absolute Gasteiger partial charge is 0.370 e. The summed E-state index contributed by atoms with van der Waals surface area (Å²) in [6, 6.07) is 16.7. The Morgan fingerprint density at radius 1 is 0.893 bits per heavy atom. The van der Waals surface area contributed by atoms with E-state index in [-0.39, 0.29) is 6.03 Å². The van der Waals surface area contributed by atoms with Crippen LogP contribution in [0.25, 0.3) is 0 Å². The Hall–Kier alpha value is -3.61. The molecule has 144 valence electrons. The zero-order valence-corrected chi connectivity index (χ0v) is 16.2. The predicted octanol–water partition coefficient (Wildman–Crippen LogP) is 4.91. The maximum absolute atomic E-state index is 12.2. The number of para-hydroxylation sites is 1. The number of urea groups is 1. The van der Waals surface area contributed by atoms with E-state index in [9.17, 15) is 4.79 Å². The molecule has 0 unspecified atom stereocenters. The molecule has 4 N–H and O–H groups in total. The lowest BCUT2D eigenvalue weighted by atomic mass is 10.2. The Labute approximate surface area is 164 Å². The van der Waals surface area contributed by atoms with Gasteiger partial charge in [-0.05, 0) is 56.7 Å². The molecule has 0 saturated heterocycles. The van der Waals surface area contributed by atoms with Crippen LogP contribution in [0.3, 0.4) is 0 Å². The molecule has 0 radical (unpaired) electrons. The zero-order chi connectivity index (χ0) is 19.9. The van der Waals surface area contributed by atoms with Crippen molar-refractivity contribution in [2.45, 2.75) is 20.8 Å². The lowest BCUT2D eigenvalue weighted by Gasteiger charge is -2.11. The van der Waals surface area contributed by atoms with Gasteiger partial charge in [0.25, 0.3) is 0 Å². The second kappa shape index (κ2) is 8.85. The van der Waals surface area contributed by atoms with Crippen LogP contribution < -0.4 is 21.3 Å². The van der Waals surface area contributed by atoms with Crippen molar-refractivity contribution in [1.29, 1.82) is 0 Å². The number of amides is 2. The van der Waals surface area contributed by atoms with Gasteiger partial charge in [-0.1, -0.05) is 18.2 Å². The fourth-order valence-electron chi connectivity index (χ4n) is 2.69. The van der Waals surface area contributed by atoms with E-state index in [0.29, 0.717) is 17.3 Å². The molecule has 0 atom stereocenters. The predicted molar refractivity (Wildman–Crippen MR) is 114 cm³/mol. The lowest BCUT2D eigenvalue weighted by molar-refractivity contribution is 0.262. The normalized spacial score (nSPS) is 10.2. The van der Waals surface area contributed by atoms with Gasteiger partial charge in [-0.2, -0.15) is 0 Å².